The first-order chi connectivity index (χ1) is 55.1. The second-order valence-electron chi connectivity index (χ2n) is 29.1. The number of hydrogen-bond acceptors (Lipinski definition) is 25. The molecule has 45 nitrogen and oxygen atoms in total. The lowest BCUT2D eigenvalue weighted by molar-refractivity contribution is -0.144. The summed E-state index contributed by atoms with van der Waals surface area (Å²) >= 11 is 0. The van der Waals surface area contributed by atoms with Gasteiger partial charge in [-0.15, -0.1) is 0 Å². The summed E-state index contributed by atoms with van der Waals surface area (Å²) in [6.45, 7) is 11.7. The number of aliphatic hydroxyl groups excluding tert-OH is 2. The van der Waals surface area contributed by atoms with Crippen LogP contribution in [0.4, 0.5) is 0 Å². The van der Waals surface area contributed by atoms with E-state index < -0.39 is 279 Å². The number of aromatic amines is 2. The molecule has 15 amide bonds. The van der Waals surface area contributed by atoms with Crippen LogP contribution in [0.3, 0.4) is 0 Å². The molecule has 2 heterocycles. The number of aliphatic carboxylic acids is 3. The van der Waals surface area contributed by atoms with Crippen LogP contribution in [0.2, 0.25) is 0 Å². The highest BCUT2D eigenvalue weighted by atomic mass is 16.4. The maximum atomic E-state index is 14.8. The van der Waals surface area contributed by atoms with E-state index >= 15 is 0 Å². The molecule has 16 atom stereocenters. The number of carboxylic acids is 3. The fraction of sp³-hybridized carbons (Fsp3) is 0.667. The van der Waals surface area contributed by atoms with Crippen molar-refractivity contribution in [3.63, 3.8) is 0 Å². The van der Waals surface area contributed by atoms with Gasteiger partial charge in [-0.05, 0) is 101 Å². The number of unbranched alkanes of at least 4 members (excludes halogenated alkanes) is 2. The molecule has 117 heavy (non-hydrogen) atoms. The lowest BCUT2D eigenvalue weighted by atomic mass is 9.96. The summed E-state index contributed by atoms with van der Waals surface area (Å²) in [5, 5.41) is 83.5. The zero-order valence-corrected chi connectivity index (χ0v) is 67.3. The second kappa shape index (κ2) is 53.0. The molecule has 2 aromatic rings. The van der Waals surface area contributed by atoms with Crippen LogP contribution in [-0.2, 0) is 99.1 Å². The van der Waals surface area contributed by atoms with Gasteiger partial charge in [-0.3, -0.25) is 81.5 Å². The number of nitrogens with zero attached hydrogens (tertiary/aromatic N) is 2. The Morgan fingerprint density at radius 2 is 0.778 bits per heavy atom. The van der Waals surface area contributed by atoms with Crippen molar-refractivity contribution in [1.82, 2.24) is 94.4 Å². The minimum atomic E-state index is -2.00. The average molecular weight is 1660 g/mol. The van der Waals surface area contributed by atoms with E-state index in [2.05, 4.69) is 94.4 Å². The van der Waals surface area contributed by atoms with Gasteiger partial charge in [0.15, 0.2) is 0 Å². The van der Waals surface area contributed by atoms with Gasteiger partial charge in [0, 0.05) is 38.1 Å². The summed E-state index contributed by atoms with van der Waals surface area (Å²) in [6.07, 6.45) is 1.85. The van der Waals surface area contributed by atoms with Crippen LogP contribution in [0.15, 0.2) is 25.0 Å². The van der Waals surface area contributed by atoms with Gasteiger partial charge in [0.1, 0.15) is 78.5 Å². The third-order valence-corrected chi connectivity index (χ3v) is 18.6. The summed E-state index contributed by atoms with van der Waals surface area (Å²) in [6, 6.07) is -22.3. The van der Waals surface area contributed by atoms with E-state index in [1.54, 1.807) is 55.4 Å². The highest BCUT2D eigenvalue weighted by Gasteiger charge is 2.40. The molecule has 0 unspecified atom stereocenters. The normalized spacial score (nSPS) is 15.3. The summed E-state index contributed by atoms with van der Waals surface area (Å²) in [5.74, 6) is -22.4. The maximum absolute atomic E-state index is 14.8. The topological polar surface area (TPSA) is 738 Å². The number of carboxylic acid groups (broad SMARTS) is 3. The molecule has 0 radical (unpaired) electrons. The second-order valence-corrected chi connectivity index (χ2v) is 29.1. The first-order valence-corrected chi connectivity index (χ1v) is 38.6. The molecule has 0 spiro atoms. The predicted molar refractivity (Wildman–Crippen MR) is 415 cm³/mol. The summed E-state index contributed by atoms with van der Waals surface area (Å²) in [5.41, 5.74) is 22.8. The third kappa shape index (κ3) is 37.4. The monoisotopic (exact) mass is 1660 g/mol. The number of amides is 15. The van der Waals surface area contributed by atoms with Crippen LogP contribution in [0, 0.1) is 23.7 Å². The van der Waals surface area contributed by atoms with Crippen molar-refractivity contribution in [2.75, 3.05) is 32.8 Å². The Morgan fingerprint density at radius 3 is 1.20 bits per heavy atom. The first kappa shape index (κ1) is 102. The third-order valence-electron chi connectivity index (χ3n) is 18.6. The number of aliphatic hydroxyl groups is 2. The van der Waals surface area contributed by atoms with Gasteiger partial charge in [0.2, 0.25) is 88.6 Å². The molecule has 0 saturated carbocycles. The van der Waals surface area contributed by atoms with Gasteiger partial charge in [-0.2, -0.15) is 0 Å². The highest BCUT2D eigenvalue weighted by Crippen LogP contribution is 2.16. The summed E-state index contributed by atoms with van der Waals surface area (Å²) < 4.78 is 0. The number of rotatable bonds is 58. The van der Waals surface area contributed by atoms with Crippen molar-refractivity contribution in [2.45, 2.75) is 250 Å². The molecule has 2 rings (SSSR count). The number of aromatic nitrogens is 4. The molecule has 0 aromatic carbocycles. The number of nitrogens with one attached hydrogen (secondary N) is 16. The van der Waals surface area contributed by atoms with E-state index in [1.165, 1.54) is 32.0 Å². The first-order valence-electron chi connectivity index (χ1n) is 38.6. The Labute approximate surface area is 675 Å². The average Bonchev–Trinajstić information content (AvgIpc) is 1.55. The van der Waals surface area contributed by atoms with Crippen molar-refractivity contribution in [3.8, 4) is 0 Å². The molecule has 29 N–H and O–H groups in total. The molecule has 0 bridgehead atoms. The quantitative estimate of drug-likeness (QED) is 0.0274. The number of hydrogen-bond donors (Lipinski definition) is 25. The number of carbonyl (C=O) groups excluding carboxylic acids is 15. The van der Waals surface area contributed by atoms with Gasteiger partial charge in [0.25, 0.3) is 0 Å². The Balaban J connectivity index is 2.53. The van der Waals surface area contributed by atoms with E-state index in [0.717, 1.165) is 0 Å². The van der Waals surface area contributed by atoms with Crippen LogP contribution in [-0.4, -0.2) is 269 Å². The van der Waals surface area contributed by atoms with Crippen molar-refractivity contribution in [2.24, 2.45) is 46.6 Å². The fourth-order valence-electron chi connectivity index (χ4n) is 11.4. The van der Waals surface area contributed by atoms with Crippen molar-refractivity contribution in [3.05, 3.63) is 36.4 Å². The van der Waals surface area contributed by atoms with E-state index in [-0.39, 0.29) is 63.0 Å². The van der Waals surface area contributed by atoms with Gasteiger partial charge < -0.3 is 133 Å². The Bertz CT molecular complexity index is 3620. The smallest absolute Gasteiger partial charge is 0.326 e. The van der Waals surface area contributed by atoms with Crippen LogP contribution in [0.5, 0.6) is 0 Å². The van der Waals surface area contributed by atoms with E-state index in [9.17, 15) is 112 Å². The molecule has 0 saturated heterocycles. The number of imidazole rings is 2. The van der Waals surface area contributed by atoms with Crippen molar-refractivity contribution < 1.29 is 112 Å². The zero-order valence-electron chi connectivity index (χ0n) is 67.3. The van der Waals surface area contributed by atoms with Gasteiger partial charge in [0.05, 0.1) is 56.3 Å². The van der Waals surface area contributed by atoms with E-state index in [1.807, 2.05) is 0 Å². The fourth-order valence-corrected chi connectivity index (χ4v) is 11.4. The van der Waals surface area contributed by atoms with E-state index in [0.29, 0.717) is 19.3 Å². The Kier molecular flexibility index (Phi) is 46.1. The molecular weight excluding hydrogens is 1540 g/mol. The molecule has 0 aliphatic heterocycles. The standard InChI is InChI=1S/C72H120N22O23/c1-10-37(7)57(93-67(111)46(24-35(3)4)86-62(106)44(18-20-52(76)97)84-64(108)47(25-40-28-77-33-80-40)87-63(107)45(19-21-54(99)100)85-68(112)50(31-95)91-70(114)56(36(5)6)92-59(103)39(9)75)71(115)89-48(26-41-29-78-34-81-41)65(109)88-49(27-55(101)102)66(110)83-42(16-12-14-22-73)60(104)79-30-53(98)82-43(17-13-15-23-74)61(105)90-51(32-96)69(113)94-58(72(116)117)38(8)11-2/h28-29,33-39,42-51,56-58,95-96H,10-27,30-32,73-75H2,1-9H3,(H2,76,97)(H,77,80)(H,78,81)(H,79,104)(H,82,98)(H,83,110)(H,84,108)(H,85,112)(H,86,106)(H,87,107)(H,88,109)(H,89,115)(H,90,105)(H,91,114)(H,92,103)(H,93,111)(H,94,113)(H,99,100)(H,101,102)(H,116,117)/t37-,38-,39-,42-,43-,44-,45-,46-,47-,48-,49-,50-,51-,56-,57-,58-/m0/s1. The van der Waals surface area contributed by atoms with Crippen LogP contribution < -0.4 is 97.4 Å². The minimum Gasteiger partial charge on any atom is -0.481 e. The molecule has 0 aliphatic carbocycles. The van der Waals surface area contributed by atoms with Gasteiger partial charge >= 0.3 is 17.9 Å². The molecular formula is C72H120N22O23. The number of primary amides is 1. The highest BCUT2D eigenvalue weighted by molar-refractivity contribution is 6.01. The number of carbonyl (C=O) groups is 18. The SMILES string of the molecule is CC[C@H](C)[C@H](NC(=O)[C@H](CO)NC(=O)[C@H](CCCCN)NC(=O)CNC(=O)[C@H](CCCCN)NC(=O)[C@H](CC(=O)O)NC(=O)[C@H](Cc1c[nH]cn1)NC(=O)[C@@H](NC(=O)[C@H](CC(C)C)NC(=O)[C@H](CCC(N)=O)NC(=O)[C@H](Cc1c[nH]cn1)NC(=O)[C@H](CCC(=O)O)NC(=O)[C@H](CO)NC(=O)[C@@H](NC(=O)[C@H](C)N)C(C)C)[C@@H](C)CC)C(=O)O. The predicted octanol–water partition coefficient (Wildman–Crippen LogP) is -7.59. The Hall–Kier alpha value is -11.3. The van der Waals surface area contributed by atoms with Crippen molar-refractivity contribution in [1.29, 1.82) is 0 Å². The van der Waals surface area contributed by atoms with E-state index in [4.69, 9.17) is 22.9 Å². The molecule has 656 valence electrons. The number of nitrogens with two attached hydrogens (primary N) is 4. The van der Waals surface area contributed by atoms with Crippen LogP contribution in [0.1, 0.15) is 164 Å². The lowest BCUT2D eigenvalue weighted by Gasteiger charge is -2.30. The molecule has 2 aromatic heterocycles. The molecule has 0 aliphatic rings. The van der Waals surface area contributed by atoms with Crippen LogP contribution >= 0.6 is 0 Å². The summed E-state index contributed by atoms with van der Waals surface area (Å²) in [7, 11) is 0. The lowest BCUT2D eigenvalue weighted by Crippen LogP contribution is -2.62. The Morgan fingerprint density at radius 1 is 0.410 bits per heavy atom. The van der Waals surface area contributed by atoms with Crippen molar-refractivity contribution >= 4 is 107 Å². The molecule has 0 fully saturated rings. The van der Waals surface area contributed by atoms with Gasteiger partial charge in [-0.1, -0.05) is 68.2 Å². The minimum absolute atomic E-state index is 0.0628. The summed E-state index contributed by atoms with van der Waals surface area (Å²) in [4.78, 5) is 258. The maximum Gasteiger partial charge on any atom is 0.326 e. The van der Waals surface area contributed by atoms with Gasteiger partial charge in [-0.25, -0.2) is 14.8 Å². The number of H-pyrrole nitrogens is 2. The zero-order chi connectivity index (χ0) is 88.3. The largest absolute Gasteiger partial charge is 0.481 e. The molecule has 45 heteroatoms. The van der Waals surface area contributed by atoms with Crippen LogP contribution in [0.25, 0.3) is 0 Å².